The average Bonchev–Trinajstić information content (AvgIpc) is 2.24. The standard InChI is InChI=1S/C11H15Cl2NO4S2/c1-8(2)5-6-19(15,16)14-9-3-4-11(10(12)7-9)20(13,17)18/h3-4,7-8,14H,5-6H2,1-2H3. The summed E-state index contributed by atoms with van der Waals surface area (Å²) in [7, 11) is -2.26. The Labute approximate surface area is 128 Å². The van der Waals surface area contributed by atoms with Gasteiger partial charge in [0.15, 0.2) is 0 Å². The van der Waals surface area contributed by atoms with Gasteiger partial charge in [0.05, 0.1) is 16.5 Å². The summed E-state index contributed by atoms with van der Waals surface area (Å²) in [6, 6.07) is 3.67. The summed E-state index contributed by atoms with van der Waals surface area (Å²) in [5, 5.41) is -0.135. The van der Waals surface area contributed by atoms with Gasteiger partial charge >= 0.3 is 0 Å². The summed E-state index contributed by atoms with van der Waals surface area (Å²) in [4.78, 5) is -0.258. The van der Waals surface area contributed by atoms with E-state index in [0.717, 1.165) is 6.07 Å². The highest BCUT2D eigenvalue weighted by atomic mass is 35.7. The third kappa shape index (κ3) is 5.47. The van der Waals surface area contributed by atoms with Gasteiger partial charge in [0, 0.05) is 10.7 Å². The summed E-state index contributed by atoms with van der Waals surface area (Å²) >= 11 is 5.77. The summed E-state index contributed by atoms with van der Waals surface area (Å²) in [6.45, 7) is 3.85. The van der Waals surface area contributed by atoms with Gasteiger partial charge in [-0.3, -0.25) is 4.72 Å². The molecule has 0 heterocycles. The van der Waals surface area contributed by atoms with Gasteiger partial charge in [0.25, 0.3) is 9.05 Å². The Bertz CT molecular complexity index is 684. The summed E-state index contributed by atoms with van der Waals surface area (Å²) in [5.74, 6) is 0.247. The number of benzene rings is 1. The minimum atomic E-state index is -3.95. The maximum atomic E-state index is 11.8. The van der Waals surface area contributed by atoms with Crippen LogP contribution in [0, 0.1) is 5.92 Å². The first-order valence-electron chi connectivity index (χ1n) is 5.76. The molecule has 0 radical (unpaired) electrons. The maximum absolute atomic E-state index is 11.8. The van der Waals surface area contributed by atoms with Crippen molar-refractivity contribution in [1.29, 1.82) is 0 Å². The number of nitrogens with one attached hydrogen (secondary N) is 1. The first-order valence-corrected chi connectivity index (χ1v) is 10.1. The molecule has 114 valence electrons. The van der Waals surface area contributed by atoms with Gasteiger partial charge < -0.3 is 0 Å². The van der Waals surface area contributed by atoms with Crippen LogP contribution >= 0.6 is 22.3 Å². The van der Waals surface area contributed by atoms with Gasteiger partial charge in [0.1, 0.15) is 4.90 Å². The molecule has 1 aromatic carbocycles. The van der Waals surface area contributed by atoms with E-state index < -0.39 is 19.1 Å². The predicted octanol–water partition coefficient (Wildman–Crippen LogP) is 3.06. The fourth-order valence-corrected chi connectivity index (χ4v) is 4.28. The zero-order chi connectivity index (χ0) is 15.6. The lowest BCUT2D eigenvalue weighted by molar-refractivity contribution is 0.578. The molecule has 1 rings (SSSR count). The minimum absolute atomic E-state index is 0.0160. The van der Waals surface area contributed by atoms with Crippen LogP contribution in [0.2, 0.25) is 5.02 Å². The third-order valence-corrected chi connectivity index (χ3v) is 5.56. The van der Waals surface area contributed by atoms with E-state index in [2.05, 4.69) is 4.72 Å². The maximum Gasteiger partial charge on any atom is 0.262 e. The molecule has 0 spiro atoms. The van der Waals surface area contributed by atoms with Crippen molar-refractivity contribution < 1.29 is 16.8 Å². The van der Waals surface area contributed by atoms with Gasteiger partial charge in [-0.25, -0.2) is 16.8 Å². The lowest BCUT2D eigenvalue weighted by atomic mass is 10.2. The monoisotopic (exact) mass is 359 g/mol. The SMILES string of the molecule is CC(C)CCS(=O)(=O)Nc1ccc(S(=O)(=O)Cl)c(Cl)c1. The number of sulfonamides is 1. The average molecular weight is 360 g/mol. The molecular weight excluding hydrogens is 345 g/mol. The Morgan fingerprint density at radius 1 is 1.20 bits per heavy atom. The number of anilines is 1. The highest BCUT2D eigenvalue weighted by Gasteiger charge is 2.17. The van der Waals surface area contributed by atoms with Crippen molar-refractivity contribution in [2.45, 2.75) is 25.2 Å². The predicted molar refractivity (Wildman–Crippen MR) is 81.4 cm³/mol. The van der Waals surface area contributed by atoms with Crippen molar-refractivity contribution >= 4 is 47.0 Å². The van der Waals surface area contributed by atoms with Gasteiger partial charge in [-0.15, -0.1) is 0 Å². The molecule has 5 nitrogen and oxygen atoms in total. The Morgan fingerprint density at radius 3 is 2.25 bits per heavy atom. The second-order valence-electron chi connectivity index (χ2n) is 4.69. The zero-order valence-corrected chi connectivity index (χ0v) is 14.1. The molecule has 9 heteroatoms. The van der Waals surface area contributed by atoms with Crippen LogP contribution in [0.3, 0.4) is 0 Å². The van der Waals surface area contributed by atoms with Crippen molar-refractivity contribution in [1.82, 2.24) is 0 Å². The highest BCUT2D eigenvalue weighted by molar-refractivity contribution is 8.13. The molecule has 0 unspecified atom stereocenters. The molecule has 0 atom stereocenters. The summed E-state index contributed by atoms with van der Waals surface area (Å²) < 4.78 is 48.3. The molecule has 0 amide bonds. The topological polar surface area (TPSA) is 80.3 Å². The van der Waals surface area contributed by atoms with Gasteiger partial charge in [-0.05, 0) is 30.5 Å². The van der Waals surface area contributed by atoms with Crippen molar-refractivity contribution in [3.63, 3.8) is 0 Å². The largest absolute Gasteiger partial charge is 0.284 e. The second-order valence-corrected chi connectivity index (χ2v) is 9.47. The van der Waals surface area contributed by atoms with E-state index in [0.29, 0.717) is 6.42 Å². The normalized spacial score (nSPS) is 12.7. The van der Waals surface area contributed by atoms with Gasteiger partial charge in [-0.1, -0.05) is 25.4 Å². The van der Waals surface area contributed by atoms with E-state index in [-0.39, 0.29) is 27.3 Å². The molecule has 0 saturated carbocycles. The van der Waals surface area contributed by atoms with Crippen LogP contribution in [0.1, 0.15) is 20.3 Å². The molecule has 0 saturated heterocycles. The molecule has 1 aromatic rings. The zero-order valence-electron chi connectivity index (χ0n) is 10.9. The minimum Gasteiger partial charge on any atom is -0.284 e. The van der Waals surface area contributed by atoms with Crippen LogP contribution in [0.15, 0.2) is 23.1 Å². The van der Waals surface area contributed by atoms with E-state index in [4.69, 9.17) is 22.3 Å². The van der Waals surface area contributed by atoms with Crippen LogP contribution in [0.25, 0.3) is 0 Å². The van der Waals surface area contributed by atoms with E-state index in [1.54, 1.807) is 0 Å². The molecule has 0 aliphatic carbocycles. The second kappa shape index (κ2) is 6.51. The first-order chi connectivity index (χ1) is 9.01. The van der Waals surface area contributed by atoms with Crippen LogP contribution in [-0.4, -0.2) is 22.6 Å². The summed E-state index contributed by atoms with van der Waals surface area (Å²) in [6.07, 6.45) is 0.525. The molecule has 20 heavy (non-hydrogen) atoms. The fourth-order valence-electron chi connectivity index (χ4n) is 1.38. The third-order valence-electron chi connectivity index (χ3n) is 2.43. The lowest BCUT2D eigenvalue weighted by Crippen LogP contribution is -2.18. The van der Waals surface area contributed by atoms with Gasteiger partial charge in [0.2, 0.25) is 10.0 Å². The van der Waals surface area contributed by atoms with Crippen LogP contribution in [0.5, 0.6) is 0 Å². The summed E-state index contributed by atoms with van der Waals surface area (Å²) in [5.41, 5.74) is 0.197. The number of halogens is 2. The molecule has 0 fully saturated rings. The lowest BCUT2D eigenvalue weighted by Gasteiger charge is -2.10. The molecule has 0 aliphatic heterocycles. The van der Waals surface area contributed by atoms with E-state index >= 15 is 0 Å². The smallest absolute Gasteiger partial charge is 0.262 e. The van der Waals surface area contributed by atoms with Gasteiger partial charge in [-0.2, -0.15) is 0 Å². The Balaban J connectivity index is 2.93. The molecule has 1 N–H and O–H groups in total. The first kappa shape index (κ1) is 17.6. The van der Waals surface area contributed by atoms with E-state index in [1.807, 2.05) is 13.8 Å². The number of hydrogen-bond donors (Lipinski definition) is 1. The number of rotatable bonds is 6. The number of hydrogen-bond acceptors (Lipinski definition) is 4. The van der Waals surface area contributed by atoms with Crippen molar-refractivity contribution in [2.24, 2.45) is 5.92 Å². The van der Waals surface area contributed by atoms with Crippen LogP contribution < -0.4 is 4.72 Å². The van der Waals surface area contributed by atoms with Crippen LogP contribution in [0.4, 0.5) is 5.69 Å². The van der Waals surface area contributed by atoms with E-state index in [9.17, 15) is 16.8 Å². The highest BCUT2D eigenvalue weighted by Crippen LogP contribution is 2.28. The molecule has 0 aliphatic rings. The Kier molecular flexibility index (Phi) is 5.71. The Hall–Kier alpha value is -0.500. The van der Waals surface area contributed by atoms with Crippen LogP contribution in [-0.2, 0) is 19.1 Å². The van der Waals surface area contributed by atoms with Crippen molar-refractivity contribution in [3.05, 3.63) is 23.2 Å². The Morgan fingerprint density at radius 2 is 1.80 bits per heavy atom. The molecule has 0 bridgehead atoms. The van der Waals surface area contributed by atoms with Crippen molar-refractivity contribution in [2.75, 3.05) is 10.5 Å². The quantitative estimate of drug-likeness (QED) is 0.791. The fraction of sp³-hybridized carbons (Fsp3) is 0.455. The molecular formula is C11H15Cl2NO4S2. The molecule has 0 aromatic heterocycles. The van der Waals surface area contributed by atoms with Crippen molar-refractivity contribution in [3.8, 4) is 0 Å². The van der Waals surface area contributed by atoms with E-state index in [1.165, 1.54) is 12.1 Å².